The largest absolute Gasteiger partial charge is 0.465 e. The first-order chi connectivity index (χ1) is 23.9. The minimum absolute atomic E-state index is 0.00817. The summed E-state index contributed by atoms with van der Waals surface area (Å²) >= 11 is 0. The van der Waals surface area contributed by atoms with Crippen molar-refractivity contribution < 1.29 is 33.0 Å². The fourth-order valence-corrected chi connectivity index (χ4v) is 6.73. The summed E-state index contributed by atoms with van der Waals surface area (Å²) in [5, 5.41) is 20.5. The molecule has 2 N–H and O–H groups in total. The van der Waals surface area contributed by atoms with Crippen LogP contribution in [0, 0.1) is 5.92 Å². The number of hydrogen-bond acceptors (Lipinski definition) is 9. The maximum Gasteiger partial charge on any atom is 0.407 e. The number of amides is 2. The van der Waals surface area contributed by atoms with Crippen LogP contribution >= 0.6 is 0 Å². The molecule has 4 heterocycles. The molecule has 1 saturated heterocycles. The Bertz CT molecular complexity index is 1560. The molecule has 1 saturated carbocycles. The summed E-state index contributed by atoms with van der Waals surface area (Å²) in [5.41, 5.74) is -0.367. The highest BCUT2D eigenvalue weighted by Gasteiger charge is 2.29. The molecule has 5 rings (SSSR count). The lowest BCUT2D eigenvalue weighted by atomic mass is 9.86. The van der Waals surface area contributed by atoms with Crippen LogP contribution < -0.4 is 10.2 Å². The van der Waals surface area contributed by atoms with Crippen molar-refractivity contribution in [3.05, 3.63) is 35.9 Å². The Balaban J connectivity index is 1.07. The van der Waals surface area contributed by atoms with Crippen LogP contribution in [0.5, 0.6) is 0 Å². The smallest absolute Gasteiger partial charge is 0.407 e. The maximum atomic E-state index is 14.1. The molecular formula is C34H51F2N9O5. The summed E-state index contributed by atoms with van der Waals surface area (Å²) in [6.07, 6.45) is 5.93. The molecule has 0 spiro atoms. The van der Waals surface area contributed by atoms with Gasteiger partial charge in [-0.15, -0.1) is 0 Å². The van der Waals surface area contributed by atoms with Crippen LogP contribution in [0.3, 0.4) is 0 Å². The van der Waals surface area contributed by atoms with Gasteiger partial charge >= 0.3 is 6.09 Å². The van der Waals surface area contributed by atoms with Crippen molar-refractivity contribution in [3.63, 3.8) is 0 Å². The van der Waals surface area contributed by atoms with Gasteiger partial charge in [-0.3, -0.25) is 9.48 Å². The second-order valence-electron chi connectivity index (χ2n) is 14.2. The second-order valence-corrected chi connectivity index (χ2v) is 14.2. The van der Waals surface area contributed by atoms with Gasteiger partial charge in [0.25, 0.3) is 12.3 Å². The lowest BCUT2D eigenvalue weighted by Gasteiger charge is -2.33. The summed E-state index contributed by atoms with van der Waals surface area (Å²) in [4.78, 5) is 35.3. The number of fused-ring (bicyclic) bond motifs is 1. The van der Waals surface area contributed by atoms with Gasteiger partial charge in [-0.05, 0) is 78.3 Å². The molecule has 2 aliphatic rings. The third-order valence-corrected chi connectivity index (χ3v) is 9.45. The molecule has 16 heteroatoms. The molecule has 1 aliphatic heterocycles. The van der Waals surface area contributed by atoms with Crippen LogP contribution in [0.4, 0.5) is 25.1 Å². The molecular weight excluding hydrogens is 652 g/mol. The van der Waals surface area contributed by atoms with Gasteiger partial charge in [-0.1, -0.05) is 0 Å². The number of alkyl halides is 2. The van der Waals surface area contributed by atoms with Gasteiger partial charge in [-0.25, -0.2) is 23.1 Å². The minimum atomic E-state index is -2.85. The van der Waals surface area contributed by atoms with Crippen molar-refractivity contribution in [1.29, 1.82) is 0 Å². The lowest BCUT2D eigenvalue weighted by molar-refractivity contribution is 0.0796. The van der Waals surface area contributed by atoms with Crippen LogP contribution in [0.2, 0.25) is 0 Å². The molecule has 1 aliphatic carbocycles. The number of aromatic nitrogens is 5. The molecule has 0 radical (unpaired) electrons. The third-order valence-electron chi connectivity index (χ3n) is 9.45. The highest BCUT2D eigenvalue weighted by atomic mass is 19.3. The van der Waals surface area contributed by atoms with Crippen LogP contribution in [-0.2, 0) is 9.47 Å². The van der Waals surface area contributed by atoms with E-state index in [1.54, 1.807) is 10.9 Å². The van der Waals surface area contributed by atoms with Crippen molar-refractivity contribution in [2.24, 2.45) is 5.92 Å². The highest BCUT2D eigenvalue weighted by molar-refractivity contribution is 6.08. The minimum Gasteiger partial charge on any atom is -0.465 e. The number of anilines is 2. The van der Waals surface area contributed by atoms with E-state index in [0.29, 0.717) is 69.9 Å². The second kappa shape index (κ2) is 16.9. The van der Waals surface area contributed by atoms with Gasteiger partial charge < -0.3 is 34.6 Å². The van der Waals surface area contributed by atoms with E-state index in [0.717, 1.165) is 45.2 Å². The number of hydrogen-bond donors (Lipinski definition) is 2. The number of morpholine rings is 1. The zero-order valence-corrected chi connectivity index (χ0v) is 29.6. The highest BCUT2D eigenvalue weighted by Crippen LogP contribution is 2.35. The van der Waals surface area contributed by atoms with E-state index in [-0.39, 0.29) is 17.3 Å². The Morgan fingerprint density at radius 3 is 2.48 bits per heavy atom. The van der Waals surface area contributed by atoms with E-state index >= 15 is 0 Å². The van der Waals surface area contributed by atoms with E-state index in [2.05, 4.69) is 37.3 Å². The van der Waals surface area contributed by atoms with Gasteiger partial charge in [0.1, 0.15) is 11.4 Å². The zero-order valence-electron chi connectivity index (χ0n) is 29.6. The average molecular weight is 704 g/mol. The fraction of sp³-hybridized carbons (Fsp3) is 0.676. The number of carbonyl (C=O) groups is 2. The monoisotopic (exact) mass is 703 g/mol. The Kier molecular flexibility index (Phi) is 12.6. The summed E-state index contributed by atoms with van der Waals surface area (Å²) in [7, 11) is 2.10. The fourth-order valence-electron chi connectivity index (χ4n) is 6.73. The molecule has 0 atom stereocenters. The summed E-state index contributed by atoms with van der Waals surface area (Å²) < 4.78 is 42.5. The van der Waals surface area contributed by atoms with Crippen molar-refractivity contribution in [2.45, 2.75) is 77.3 Å². The van der Waals surface area contributed by atoms with E-state index in [4.69, 9.17) is 9.47 Å². The molecule has 50 heavy (non-hydrogen) atoms. The number of carboxylic acid groups (broad SMARTS) is 1. The molecule has 276 valence electrons. The Labute approximate surface area is 291 Å². The Morgan fingerprint density at radius 2 is 1.82 bits per heavy atom. The quantitative estimate of drug-likeness (QED) is 0.203. The number of nitrogens with one attached hydrogen (secondary N) is 1. The first kappa shape index (κ1) is 37.4. The normalized spacial score (nSPS) is 18.7. The Morgan fingerprint density at radius 1 is 1.12 bits per heavy atom. The number of ether oxygens (including phenoxy) is 2. The standard InChI is InChI=1S/C34H51F2N9O5/c1-34(2,3)43(33(47)48)13-6-18-49-17-5-12-41(4)22-24-7-9-25(10-8-24)45-23-27(29(40-45)30(35)36)38-32(46)26-21-37-44-14-11-28(39-31(26)44)42-15-19-50-20-16-42/h11,14,21,23-25,30H,5-10,12-13,15-20,22H2,1-4H3,(H,38,46)(H,47,48). The van der Waals surface area contributed by atoms with Crippen LogP contribution in [0.25, 0.3) is 5.65 Å². The van der Waals surface area contributed by atoms with Gasteiger partial charge in [0.15, 0.2) is 11.3 Å². The molecule has 2 amide bonds. The third kappa shape index (κ3) is 9.66. The first-order valence-corrected chi connectivity index (χ1v) is 17.5. The molecule has 0 aromatic carbocycles. The topological polar surface area (TPSA) is 143 Å². The number of rotatable bonds is 15. The predicted molar refractivity (Wildman–Crippen MR) is 184 cm³/mol. The summed E-state index contributed by atoms with van der Waals surface area (Å²) in [6.45, 7) is 11.6. The van der Waals surface area contributed by atoms with Crippen molar-refractivity contribution in [3.8, 4) is 0 Å². The molecule has 3 aromatic rings. The molecule has 0 unspecified atom stereocenters. The van der Waals surface area contributed by atoms with Crippen LogP contribution in [0.15, 0.2) is 24.7 Å². The SMILES string of the molecule is CN(CCCOCCCN(C(=O)O)C(C)(C)C)CC1CCC(n2cc(NC(=O)c3cnn4ccc(N5CCOCC5)nc34)c(C(F)F)n2)CC1. The number of carbonyl (C=O) groups excluding carboxylic acids is 1. The van der Waals surface area contributed by atoms with Gasteiger partial charge in [0.05, 0.1) is 31.1 Å². The van der Waals surface area contributed by atoms with Crippen LogP contribution in [0.1, 0.15) is 87.8 Å². The Hall–Kier alpha value is -3.89. The van der Waals surface area contributed by atoms with Gasteiger partial charge in [0.2, 0.25) is 0 Å². The lowest BCUT2D eigenvalue weighted by Crippen LogP contribution is -2.45. The van der Waals surface area contributed by atoms with Crippen LogP contribution in [-0.4, -0.2) is 123 Å². The van der Waals surface area contributed by atoms with Crippen molar-refractivity contribution in [1.82, 2.24) is 34.2 Å². The number of halogens is 2. The molecule has 0 bridgehead atoms. The summed E-state index contributed by atoms with van der Waals surface area (Å²) in [6, 6.07) is 1.80. The van der Waals surface area contributed by atoms with E-state index in [9.17, 15) is 23.5 Å². The molecule has 14 nitrogen and oxygen atoms in total. The van der Waals surface area contributed by atoms with E-state index in [1.165, 1.54) is 21.8 Å². The van der Waals surface area contributed by atoms with E-state index < -0.39 is 29.7 Å². The van der Waals surface area contributed by atoms with Gasteiger partial charge in [-0.2, -0.15) is 10.2 Å². The first-order valence-electron chi connectivity index (χ1n) is 17.5. The number of nitrogens with zero attached hydrogens (tertiary/aromatic N) is 8. The maximum absolute atomic E-state index is 14.1. The summed E-state index contributed by atoms with van der Waals surface area (Å²) in [5.74, 6) is 0.615. The molecule has 2 fully saturated rings. The van der Waals surface area contributed by atoms with Gasteiger partial charge in [0, 0.05) is 63.9 Å². The predicted octanol–water partition coefficient (Wildman–Crippen LogP) is 5.19. The van der Waals surface area contributed by atoms with Crippen molar-refractivity contribution in [2.75, 3.05) is 76.4 Å². The average Bonchev–Trinajstić information content (AvgIpc) is 3.70. The zero-order chi connectivity index (χ0) is 35.8. The van der Waals surface area contributed by atoms with E-state index in [1.807, 2.05) is 26.8 Å². The van der Waals surface area contributed by atoms with Crippen molar-refractivity contribution >= 4 is 29.2 Å². The molecule has 3 aromatic heterocycles.